The molecule has 2 aromatic rings. The second kappa shape index (κ2) is 9.18. The number of halogens is 2. The number of rotatable bonds is 5. The molecule has 9 heteroatoms. The van der Waals surface area contributed by atoms with E-state index in [1.165, 1.54) is 18.2 Å². The molecule has 190 valence electrons. The fraction of sp³-hybridized carbons (Fsp3) is 0.407. The minimum Gasteiger partial charge on any atom is -0.444 e. The van der Waals surface area contributed by atoms with E-state index in [4.69, 9.17) is 21.1 Å². The smallest absolute Gasteiger partial charge is 0.412 e. The second-order valence-corrected chi connectivity index (χ2v) is 10.9. The van der Waals surface area contributed by atoms with Crippen molar-refractivity contribution in [2.75, 3.05) is 25.1 Å². The number of carbonyl (C=O) groups excluding carboxylic acids is 2. The summed E-state index contributed by atoms with van der Waals surface area (Å²) in [7, 11) is 0. The van der Waals surface area contributed by atoms with Crippen LogP contribution in [0.5, 0.6) is 0 Å². The van der Waals surface area contributed by atoms with Gasteiger partial charge in [0.2, 0.25) is 5.91 Å². The Hall–Kier alpha value is -2.94. The quantitative estimate of drug-likeness (QED) is 0.587. The van der Waals surface area contributed by atoms with Gasteiger partial charge in [-0.15, -0.1) is 0 Å². The largest absolute Gasteiger partial charge is 0.444 e. The topological polar surface area (TPSA) is 71.1 Å². The summed E-state index contributed by atoms with van der Waals surface area (Å²) in [5.41, 5.74) is 1.17. The van der Waals surface area contributed by atoms with Crippen molar-refractivity contribution in [3.05, 3.63) is 70.5 Å². The molecule has 0 bridgehead atoms. The number of hydrogen-bond acceptors (Lipinski definition) is 5. The van der Waals surface area contributed by atoms with Gasteiger partial charge in [0.1, 0.15) is 17.0 Å². The highest BCUT2D eigenvalue weighted by atomic mass is 35.5. The lowest BCUT2D eigenvalue weighted by molar-refractivity contribution is -0.222. The molecular weight excluding hydrogens is 485 g/mol. The van der Waals surface area contributed by atoms with Gasteiger partial charge < -0.3 is 14.4 Å². The van der Waals surface area contributed by atoms with Gasteiger partial charge in [-0.2, -0.15) is 0 Å². The number of carbonyl (C=O) groups is 2. The van der Waals surface area contributed by atoms with E-state index in [2.05, 4.69) is 10.2 Å². The van der Waals surface area contributed by atoms with Crippen LogP contribution in [-0.2, 0) is 20.8 Å². The van der Waals surface area contributed by atoms with Crippen LogP contribution in [0.15, 0.2) is 48.5 Å². The summed E-state index contributed by atoms with van der Waals surface area (Å²) >= 11 is 6.13. The van der Waals surface area contributed by atoms with Gasteiger partial charge in [-0.3, -0.25) is 15.0 Å². The number of nitrogens with zero attached hydrogens (tertiary/aromatic N) is 2. The van der Waals surface area contributed by atoms with Crippen LogP contribution in [0.1, 0.15) is 31.9 Å². The molecule has 3 heterocycles. The van der Waals surface area contributed by atoms with E-state index in [9.17, 15) is 14.0 Å². The summed E-state index contributed by atoms with van der Waals surface area (Å²) in [6.45, 7) is 7.72. The third kappa shape index (κ3) is 4.49. The molecule has 1 N–H and O–H groups in total. The molecule has 7 nitrogen and oxygen atoms in total. The predicted octanol–water partition coefficient (Wildman–Crippen LogP) is 4.70. The fourth-order valence-electron chi connectivity index (χ4n) is 5.39. The van der Waals surface area contributed by atoms with E-state index in [0.717, 1.165) is 5.56 Å². The predicted molar refractivity (Wildman–Crippen MR) is 135 cm³/mol. The van der Waals surface area contributed by atoms with Crippen LogP contribution in [0.25, 0.3) is 6.08 Å². The molecule has 0 aliphatic carbocycles. The van der Waals surface area contributed by atoms with Crippen LogP contribution < -0.4 is 5.32 Å². The Kier molecular flexibility index (Phi) is 6.31. The highest BCUT2D eigenvalue weighted by Crippen LogP contribution is 2.53. The maximum Gasteiger partial charge on any atom is 0.412 e. The van der Waals surface area contributed by atoms with E-state index in [0.29, 0.717) is 42.6 Å². The highest BCUT2D eigenvalue weighted by Gasteiger charge is 2.73. The van der Waals surface area contributed by atoms with E-state index in [-0.39, 0.29) is 29.3 Å². The maximum absolute atomic E-state index is 13.3. The molecule has 3 saturated heterocycles. The van der Waals surface area contributed by atoms with Crippen LogP contribution in [0.4, 0.5) is 14.9 Å². The molecule has 3 fully saturated rings. The molecule has 36 heavy (non-hydrogen) atoms. The fourth-order valence-corrected chi connectivity index (χ4v) is 5.56. The third-order valence-corrected chi connectivity index (χ3v) is 7.26. The van der Waals surface area contributed by atoms with E-state index < -0.39 is 11.7 Å². The Morgan fingerprint density at radius 1 is 1.22 bits per heavy atom. The first kappa shape index (κ1) is 24.7. The number of hydrogen-bond donors (Lipinski definition) is 1. The average Bonchev–Trinajstić information content (AvgIpc) is 3.22. The van der Waals surface area contributed by atoms with Gasteiger partial charge in [-0.1, -0.05) is 29.8 Å². The van der Waals surface area contributed by atoms with Gasteiger partial charge in [-0.05, 0) is 62.2 Å². The summed E-state index contributed by atoms with van der Waals surface area (Å²) in [5, 5.41) is 3.17. The summed E-state index contributed by atoms with van der Waals surface area (Å²) in [6, 6.07) is 11.9. The number of anilines is 1. The van der Waals surface area contributed by atoms with Crippen molar-refractivity contribution in [3.8, 4) is 0 Å². The van der Waals surface area contributed by atoms with Gasteiger partial charge in [0.05, 0.1) is 31.0 Å². The normalized spacial score (nSPS) is 25.1. The van der Waals surface area contributed by atoms with Gasteiger partial charge >= 0.3 is 6.09 Å². The van der Waals surface area contributed by atoms with Gasteiger partial charge in [0.25, 0.3) is 0 Å². The lowest BCUT2D eigenvalue weighted by Gasteiger charge is -2.71. The number of amides is 2. The molecule has 3 unspecified atom stereocenters. The Morgan fingerprint density at radius 3 is 2.69 bits per heavy atom. The maximum atomic E-state index is 13.3. The van der Waals surface area contributed by atoms with Crippen molar-refractivity contribution < 1.29 is 23.5 Å². The molecule has 0 saturated carbocycles. The van der Waals surface area contributed by atoms with Crippen molar-refractivity contribution in [1.82, 2.24) is 9.80 Å². The highest BCUT2D eigenvalue weighted by molar-refractivity contribution is 6.31. The summed E-state index contributed by atoms with van der Waals surface area (Å²) < 4.78 is 24.4. The Balaban J connectivity index is 1.27. The van der Waals surface area contributed by atoms with Crippen molar-refractivity contribution >= 4 is 35.4 Å². The minimum absolute atomic E-state index is 0.110. The minimum atomic E-state index is -0.644. The zero-order chi connectivity index (χ0) is 25.7. The molecule has 3 atom stereocenters. The average molecular weight is 514 g/mol. The van der Waals surface area contributed by atoms with Crippen molar-refractivity contribution in [2.45, 2.75) is 50.5 Å². The van der Waals surface area contributed by atoms with Crippen LogP contribution >= 0.6 is 11.6 Å². The summed E-state index contributed by atoms with van der Waals surface area (Å²) in [6.07, 6.45) is 2.60. The summed E-state index contributed by atoms with van der Waals surface area (Å²) in [5.74, 6) is -0.361. The van der Waals surface area contributed by atoms with Crippen molar-refractivity contribution in [3.63, 3.8) is 0 Å². The number of piperazine rings is 1. The Labute approximate surface area is 214 Å². The molecule has 5 rings (SSSR count). The first-order chi connectivity index (χ1) is 17.1. The molecule has 0 aromatic heterocycles. The van der Waals surface area contributed by atoms with Gasteiger partial charge in [-0.25, -0.2) is 9.18 Å². The molecule has 2 aromatic carbocycles. The number of benzene rings is 2. The van der Waals surface area contributed by atoms with E-state index in [1.54, 1.807) is 57.2 Å². The first-order valence-electron chi connectivity index (χ1n) is 11.9. The molecular formula is C27H29ClFN3O4. The zero-order valence-corrected chi connectivity index (χ0v) is 21.2. The number of likely N-dealkylation sites (tertiary alicyclic amines) is 2. The van der Waals surface area contributed by atoms with Crippen LogP contribution in [0.3, 0.4) is 0 Å². The standard InChI is InChI=1S/C27H29ClFN3O4/c1-26(2,3)36-25(34)30-21-12-19(28)8-6-18(21)7-11-24(33)32-14-22-27(32)16-35-15-23(27)31(22)13-17-4-9-20(29)10-5-17/h4-12,22-23H,13-16H2,1-3H3,(H,30,34)/b11-7+. The van der Waals surface area contributed by atoms with Gasteiger partial charge in [0, 0.05) is 24.2 Å². The Morgan fingerprint density at radius 2 is 1.97 bits per heavy atom. The molecule has 3 aliphatic heterocycles. The van der Waals surface area contributed by atoms with Crippen LogP contribution in [0, 0.1) is 5.82 Å². The molecule has 2 amide bonds. The van der Waals surface area contributed by atoms with Gasteiger partial charge in [0.15, 0.2) is 0 Å². The second-order valence-electron chi connectivity index (χ2n) is 10.5. The lowest BCUT2D eigenvalue weighted by atomic mass is 9.65. The van der Waals surface area contributed by atoms with Crippen LogP contribution in [0.2, 0.25) is 5.02 Å². The van der Waals surface area contributed by atoms with Crippen molar-refractivity contribution in [2.24, 2.45) is 0 Å². The SMILES string of the molecule is CC(C)(C)OC(=O)Nc1cc(Cl)ccc1/C=C/C(=O)N1CC2N(Cc3ccc(F)cc3)C3COCC321. The number of nitrogens with one attached hydrogen (secondary N) is 1. The third-order valence-electron chi connectivity index (χ3n) is 7.02. The summed E-state index contributed by atoms with van der Waals surface area (Å²) in [4.78, 5) is 29.7. The molecule has 1 spiro atoms. The van der Waals surface area contributed by atoms with E-state index in [1.807, 2.05) is 4.90 Å². The van der Waals surface area contributed by atoms with Crippen molar-refractivity contribution in [1.29, 1.82) is 0 Å². The lowest BCUT2D eigenvalue weighted by Crippen LogP contribution is -2.92. The van der Waals surface area contributed by atoms with Crippen LogP contribution in [-0.4, -0.2) is 64.8 Å². The zero-order valence-electron chi connectivity index (χ0n) is 20.5. The van der Waals surface area contributed by atoms with E-state index >= 15 is 0 Å². The first-order valence-corrected chi connectivity index (χ1v) is 12.3. The molecule has 3 aliphatic rings. The Bertz CT molecular complexity index is 1210. The monoisotopic (exact) mass is 513 g/mol. The molecule has 0 radical (unpaired) electrons. The number of ether oxygens (including phenoxy) is 2.